The first-order valence-corrected chi connectivity index (χ1v) is 7.05. The Morgan fingerprint density at radius 3 is 2.50 bits per heavy atom. The second-order valence-corrected chi connectivity index (χ2v) is 5.61. The van der Waals surface area contributed by atoms with Crippen LogP contribution in [-0.4, -0.2) is 34.6 Å². The third kappa shape index (κ3) is 2.92. The fraction of sp³-hybridized carbons (Fsp3) is 0.467. The maximum Gasteiger partial charge on any atom is 0.337 e. The average Bonchev–Trinajstić information content (AvgIpc) is 3.28. The first-order chi connectivity index (χ1) is 9.65. The maximum absolute atomic E-state index is 12.4. The van der Waals surface area contributed by atoms with E-state index < -0.39 is 5.97 Å². The lowest BCUT2D eigenvalue weighted by Crippen LogP contribution is -2.38. The first kappa shape index (κ1) is 13.0. The van der Waals surface area contributed by atoms with Crippen LogP contribution in [0.25, 0.3) is 0 Å². The number of nitrogens with one attached hydrogen (secondary N) is 1. The molecule has 5 heteroatoms. The summed E-state index contributed by atoms with van der Waals surface area (Å²) in [7, 11) is 0. The fourth-order valence-corrected chi connectivity index (χ4v) is 2.33. The second-order valence-electron chi connectivity index (χ2n) is 5.61. The number of rotatable bonds is 5. The number of aromatic carboxylic acids is 1. The second kappa shape index (κ2) is 5.15. The van der Waals surface area contributed by atoms with Gasteiger partial charge in [0.2, 0.25) is 0 Å². The summed E-state index contributed by atoms with van der Waals surface area (Å²) >= 11 is 0. The average molecular weight is 274 g/mol. The summed E-state index contributed by atoms with van der Waals surface area (Å²) in [6, 6.07) is 6.68. The van der Waals surface area contributed by atoms with Gasteiger partial charge < -0.3 is 15.3 Å². The minimum atomic E-state index is -1.03. The van der Waals surface area contributed by atoms with E-state index in [0.29, 0.717) is 17.6 Å². The Morgan fingerprint density at radius 1 is 1.20 bits per heavy atom. The third-order valence-corrected chi connectivity index (χ3v) is 3.80. The Kier molecular flexibility index (Phi) is 3.34. The van der Waals surface area contributed by atoms with Gasteiger partial charge in [0, 0.05) is 12.6 Å². The Bertz CT molecular complexity index is 536. The molecule has 20 heavy (non-hydrogen) atoms. The molecule has 1 aromatic rings. The highest BCUT2D eigenvalue weighted by Gasteiger charge is 2.36. The molecule has 0 bridgehead atoms. The molecule has 2 aliphatic carbocycles. The largest absolute Gasteiger partial charge is 0.478 e. The molecule has 106 valence electrons. The lowest BCUT2D eigenvalue weighted by atomic mass is 10.2. The summed E-state index contributed by atoms with van der Waals surface area (Å²) in [4.78, 5) is 25.4. The number of amides is 2. The Labute approximate surface area is 117 Å². The van der Waals surface area contributed by atoms with Crippen LogP contribution >= 0.6 is 0 Å². The van der Waals surface area contributed by atoms with Crippen LogP contribution in [-0.2, 0) is 0 Å². The molecular weight excluding hydrogens is 256 g/mol. The van der Waals surface area contributed by atoms with Gasteiger partial charge in [-0.15, -0.1) is 0 Å². The molecule has 2 fully saturated rings. The van der Waals surface area contributed by atoms with Gasteiger partial charge in [-0.05, 0) is 43.7 Å². The van der Waals surface area contributed by atoms with E-state index in [-0.39, 0.29) is 11.6 Å². The highest BCUT2D eigenvalue weighted by Crippen LogP contribution is 2.35. The van der Waals surface area contributed by atoms with Crippen molar-refractivity contribution in [3.63, 3.8) is 0 Å². The highest BCUT2D eigenvalue weighted by atomic mass is 16.4. The van der Waals surface area contributed by atoms with Crippen LogP contribution in [0.15, 0.2) is 24.3 Å². The minimum Gasteiger partial charge on any atom is -0.478 e. The van der Waals surface area contributed by atoms with Crippen molar-refractivity contribution in [1.82, 2.24) is 4.90 Å². The van der Waals surface area contributed by atoms with E-state index in [1.165, 1.54) is 18.9 Å². The Balaban J connectivity index is 1.72. The normalized spacial score (nSPS) is 17.6. The van der Waals surface area contributed by atoms with Gasteiger partial charge in [0.25, 0.3) is 0 Å². The molecule has 0 radical (unpaired) electrons. The van der Waals surface area contributed by atoms with Crippen LogP contribution in [0.1, 0.15) is 36.0 Å². The summed E-state index contributed by atoms with van der Waals surface area (Å²) in [5.41, 5.74) is 0.495. The van der Waals surface area contributed by atoms with Crippen molar-refractivity contribution in [2.24, 2.45) is 5.92 Å². The molecule has 2 N–H and O–H groups in total. The quantitative estimate of drug-likeness (QED) is 0.867. The Hall–Kier alpha value is -2.04. The molecule has 2 amide bonds. The number of hydrogen-bond donors (Lipinski definition) is 2. The summed E-state index contributed by atoms with van der Waals surface area (Å²) in [5, 5.41) is 11.9. The van der Waals surface area contributed by atoms with Gasteiger partial charge in [-0.3, -0.25) is 0 Å². The molecule has 5 nitrogen and oxygen atoms in total. The molecule has 0 unspecified atom stereocenters. The standard InChI is InChI=1S/C15H18N2O3/c18-14(19)12-3-1-2-4-13(12)16-15(20)17(11-7-8-11)9-10-5-6-10/h1-4,10-11H,5-9H2,(H,16,20)(H,18,19). The molecular formula is C15H18N2O3. The molecule has 0 heterocycles. The number of carboxylic acid groups (broad SMARTS) is 1. The number of carbonyl (C=O) groups is 2. The van der Waals surface area contributed by atoms with Crippen LogP contribution in [0.3, 0.4) is 0 Å². The number of para-hydroxylation sites is 1. The van der Waals surface area contributed by atoms with Gasteiger partial charge in [-0.25, -0.2) is 9.59 Å². The van der Waals surface area contributed by atoms with Crippen molar-refractivity contribution in [3.05, 3.63) is 29.8 Å². The summed E-state index contributed by atoms with van der Waals surface area (Å²) in [6.45, 7) is 0.797. The SMILES string of the molecule is O=C(O)c1ccccc1NC(=O)N(CC1CC1)C1CC1. The summed E-state index contributed by atoms with van der Waals surface area (Å²) in [6.07, 6.45) is 4.51. The van der Waals surface area contributed by atoms with Crippen molar-refractivity contribution >= 4 is 17.7 Å². The number of anilines is 1. The van der Waals surface area contributed by atoms with Crippen molar-refractivity contribution in [2.75, 3.05) is 11.9 Å². The van der Waals surface area contributed by atoms with Crippen molar-refractivity contribution in [2.45, 2.75) is 31.7 Å². The number of hydrogen-bond acceptors (Lipinski definition) is 2. The van der Waals surface area contributed by atoms with Gasteiger partial charge in [-0.2, -0.15) is 0 Å². The van der Waals surface area contributed by atoms with Crippen LogP contribution in [0.4, 0.5) is 10.5 Å². The molecule has 2 saturated carbocycles. The minimum absolute atomic E-state index is 0.128. The zero-order valence-electron chi connectivity index (χ0n) is 11.2. The summed E-state index contributed by atoms with van der Waals surface area (Å²) < 4.78 is 0. The molecule has 0 atom stereocenters. The van der Waals surface area contributed by atoms with E-state index in [1.54, 1.807) is 18.2 Å². The molecule has 0 saturated heterocycles. The molecule has 1 aromatic carbocycles. The highest BCUT2D eigenvalue weighted by molar-refractivity contribution is 6.00. The third-order valence-electron chi connectivity index (χ3n) is 3.80. The van der Waals surface area contributed by atoms with Crippen LogP contribution in [0, 0.1) is 5.92 Å². The number of nitrogens with zero attached hydrogens (tertiary/aromatic N) is 1. The van der Waals surface area contributed by atoms with E-state index in [2.05, 4.69) is 5.32 Å². The van der Waals surface area contributed by atoms with Crippen molar-refractivity contribution in [3.8, 4) is 0 Å². The van der Waals surface area contributed by atoms with Gasteiger partial charge in [0.05, 0.1) is 11.3 Å². The van der Waals surface area contributed by atoms with Gasteiger partial charge in [0.1, 0.15) is 0 Å². The number of carbonyl (C=O) groups excluding carboxylic acids is 1. The molecule has 0 aromatic heterocycles. The topological polar surface area (TPSA) is 69.6 Å². The van der Waals surface area contributed by atoms with E-state index >= 15 is 0 Å². The van der Waals surface area contributed by atoms with E-state index in [4.69, 9.17) is 5.11 Å². The van der Waals surface area contributed by atoms with Crippen LogP contribution in [0.2, 0.25) is 0 Å². The number of benzene rings is 1. The number of carboxylic acids is 1. The number of urea groups is 1. The zero-order chi connectivity index (χ0) is 14.1. The fourth-order valence-electron chi connectivity index (χ4n) is 2.33. The van der Waals surface area contributed by atoms with E-state index in [1.807, 2.05) is 4.90 Å². The smallest absolute Gasteiger partial charge is 0.337 e. The maximum atomic E-state index is 12.4. The van der Waals surface area contributed by atoms with E-state index in [9.17, 15) is 9.59 Å². The van der Waals surface area contributed by atoms with E-state index in [0.717, 1.165) is 19.4 Å². The van der Waals surface area contributed by atoms with Crippen molar-refractivity contribution < 1.29 is 14.7 Å². The summed E-state index contributed by atoms with van der Waals surface area (Å²) in [5.74, 6) is -0.392. The zero-order valence-corrected chi connectivity index (χ0v) is 11.2. The molecule has 2 aliphatic rings. The van der Waals surface area contributed by atoms with Gasteiger partial charge in [0.15, 0.2) is 0 Å². The predicted octanol–water partition coefficient (Wildman–Crippen LogP) is 2.79. The first-order valence-electron chi connectivity index (χ1n) is 7.05. The van der Waals surface area contributed by atoms with Crippen LogP contribution < -0.4 is 5.32 Å². The Morgan fingerprint density at radius 2 is 1.90 bits per heavy atom. The monoisotopic (exact) mass is 274 g/mol. The molecule has 0 aliphatic heterocycles. The van der Waals surface area contributed by atoms with Crippen LogP contribution in [0.5, 0.6) is 0 Å². The lowest BCUT2D eigenvalue weighted by molar-refractivity contribution is 0.0698. The predicted molar refractivity (Wildman–Crippen MR) is 74.9 cm³/mol. The van der Waals surface area contributed by atoms with Gasteiger partial charge >= 0.3 is 12.0 Å². The lowest BCUT2D eigenvalue weighted by Gasteiger charge is -2.23. The molecule has 3 rings (SSSR count). The van der Waals surface area contributed by atoms with Gasteiger partial charge in [-0.1, -0.05) is 12.1 Å². The molecule has 0 spiro atoms. The van der Waals surface area contributed by atoms with Crippen molar-refractivity contribution in [1.29, 1.82) is 0 Å².